The van der Waals surface area contributed by atoms with Crippen molar-refractivity contribution in [3.63, 3.8) is 0 Å². The second-order valence-electron chi connectivity index (χ2n) is 5.37. The Bertz CT molecular complexity index is 424. The van der Waals surface area contributed by atoms with Gasteiger partial charge >= 0.3 is 0 Å². The first-order valence-corrected chi connectivity index (χ1v) is 7.58. The first-order valence-electron chi connectivity index (χ1n) is 7.20. The normalized spacial score (nSPS) is 20.2. The number of hydrazine groups is 1. The van der Waals surface area contributed by atoms with Gasteiger partial charge in [-0.15, -0.1) is 0 Å². The van der Waals surface area contributed by atoms with Gasteiger partial charge in [0.1, 0.15) is 5.82 Å². The molecule has 3 nitrogen and oxygen atoms in total. The Balaban J connectivity index is 1.78. The lowest BCUT2D eigenvalue weighted by molar-refractivity contribution is 0.101. The van der Waals surface area contributed by atoms with Gasteiger partial charge in [-0.3, -0.25) is 11.3 Å². The molecular formula is C15H22ClFN2O. The fourth-order valence-electron chi connectivity index (χ4n) is 2.66. The van der Waals surface area contributed by atoms with E-state index >= 15 is 0 Å². The molecule has 1 aromatic carbocycles. The van der Waals surface area contributed by atoms with Crippen LogP contribution in [0.1, 0.15) is 37.7 Å². The quantitative estimate of drug-likeness (QED) is 0.600. The molecule has 1 aliphatic rings. The van der Waals surface area contributed by atoms with Crippen molar-refractivity contribution in [3.8, 4) is 0 Å². The zero-order chi connectivity index (χ0) is 14.4. The summed E-state index contributed by atoms with van der Waals surface area (Å²) in [6.07, 6.45) is 6.58. The number of nitrogens with two attached hydrogens (primary N) is 1. The van der Waals surface area contributed by atoms with Crippen molar-refractivity contribution in [3.05, 3.63) is 34.6 Å². The van der Waals surface area contributed by atoms with Crippen molar-refractivity contribution >= 4 is 11.6 Å². The molecule has 0 spiro atoms. The molecule has 0 saturated carbocycles. The van der Waals surface area contributed by atoms with Gasteiger partial charge in [-0.25, -0.2) is 4.39 Å². The van der Waals surface area contributed by atoms with Gasteiger partial charge in [0.15, 0.2) is 0 Å². The maximum atomic E-state index is 13.0. The van der Waals surface area contributed by atoms with E-state index in [9.17, 15) is 4.39 Å². The molecule has 2 rings (SSSR count). The lowest BCUT2D eigenvalue weighted by Crippen LogP contribution is -2.37. The van der Waals surface area contributed by atoms with Crippen molar-refractivity contribution in [2.75, 3.05) is 6.61 Å². The van der Waals surface area contributed by atoms with Crippen molar-refractivity contribution in [2.45, 2.75) is 50.7 Å². The van der Waals surface area contributed by atoms with E-state index in [1.54, 1.807) is 6.07 Å². The topological polar surface area (TPSA) is 47.3 Å². The molecule has 3 N–H and O–H groups in total. The van der Waals surface area contributed by atoms with Crippen LogP contribution >= 0.6 is 11.6 Å². The highest BCUT2D eigenvalue weighted by Gasteiger charge is 2.16. The van der Waals surface area contributed by atoms with Gasteiger partial charge < -0.3 is 4.74 Å². The molecule has 0 amide bonds. The fraction of sp³-hybridized carbons (Fsp3) is 0.600. The van der Waals surface area contributed by atoms with Crippen LogP contribution in [0, 0.1) is 5.82 Å². The van der Waals surface area contributed by atoms with E-state index in [4.69, 9.17) is 22.2 Å². The summed E-state index contributed by atoms with van der Waals surface area (Å²) in [5.74, 6) is 5.29. The SMILES string of the molecule is NNC(CCCC1CCCO1)Cc1ccc(F)cc1Cl. The molecule has 1 aromatic rings. The van der Waals surface area contributed by atoms with Crippen molar-refractivity contribution in [2.24, 2.45) is 5.84 Å². The zero-order valence-electron chi connectivity index (χ0n) is 11.6. The van der Waals surface area contributed by atoms with Crippen LogP contribution in [0.25, 0.3) is 0 Å². The van der Waals surface area contributed by atoms with Gasteiger partial charge in [-0.05, 0) is 56.2 Å². The molecule has 1 saturated heterocycles. The third-order valence-corrected chi connectivity index (χ3v) is 4.17. The predicted octanol–water partition coefficient (Wildman–Crippen LogP) is 3.20. The molecule has 5 heteroatoms. The second kappa shape index (κ2) is 7.93. The Morgan fingerprint density at radius 3 is 3.00 bits per heavy atom. The number of hydrogen-bond donors (Lipinski definition) is 2. The fourth-order valence-corrected chi connectivity index (χ4v) is 2.91. The summed E-state index contributed by atoms with van der Waals surface area (Å²) >= 11 is 6.04. The summed E-state index contributed by atoms with van der Waals surface area (Å²) in [4.78, 5) is 0. The Hall–Kier alpha value is -0.680. The summed E-state index contributed by atoms with van der Waals surface area (Å²) in [7, 11) is 0. The molecule has 1 aliphatic heterocycles. The lowest BCUT2D eigenvalue weighted by Gasteiger charge is -2.17. The maximum Gasteiger partial charge on any atom is 0.124 e. The second-order valence-corrected chi connectivity index (χ2v) is 5.78. The summed E-state index contributed by atoms with van der Waals surface area (Å²) in [6, 6.07) is 4.65. The average Bonchev–Trinajstić information content (AvgIpc) is 2.93. The Labute approximate surface area is 124 Å². The van der Waals surface area contributed by atoms with Gasteiger partial charge in [0.25, 0.3) is 0 Å². The standard InChI is InChI=1S/C15H22ClFN2O/c16-15-10-12(17)7-6-11(15)9-13(19-18)3-1-4-14-5-2-8-20-14/h6-7,10,13-14,19H,1-5,8-9,18H2. The van der Waals surface area contributed by atoms with E-state index in [2.05, 4.69) is 5.43 Å². The van der Waals surface area contributed by atoms with Crippen LogP contribution in [0.3, 0.4) is 0 Å². The molecule has 0 aliphatic carbocycles. The molecule has 1 heterocycles. The highest BCUT2D eigenvalue weighted by Crippen LogP contribution is 2.21. The largest absolute Gasteiger partial charge is 0.378 e. The van der Waals surface area contributed by atoms with Crippen LogP contribution in [-0.2, 0) is 11.2 Å². The third-order valence-electron chi connectivity index (χ3n) is 3.82. The highest BCUT2D eigenvalue weighted by atomic mass is 35.5. The monoisotopic (exact) mass is 300 g/mol. The maximum absolute atomic E-state index is 13.0. The molecule has 0 radical (unpaired) electrons. The number of ether oxygens (including phenoxy) is 1. The molecule has 20 heavy (non-hydrogen) atoms. The lowest BCUT2D eigenvalue weighted by atomic mass is 9.99. The van der Waals surface area contributed by atoms with E-state index in [1.165, 1.54) is 25.0 Å². The Morgan fingerprint density at radius 2 is 2.35 bits per heavy atom. The minimum absolute atomic E-state index is 0.152. The molecule has 0 aromatic heterocycles. The minimum atomic E-state index is -0.311. The van der Waals surface area contributed by atoms with Crippen molar-refractivity contribution < 1.29 is 9.13 Å². The highest BCUT2D eigenvalue weighted by molar-refractivity contribution is 6.31. The zero-order valence-corrected chi connectivity index (χ0v) is 12.3. The number of benzene rings is 1. The average molecular weight is 301 g/mol. The van der Waals surface area contributed by atoms with Gasteiger partial charge in [0, 0.05) is 17.7 Å². The van der Waals surface area contributed by atoms with Crippen LogP contribution < -0.4 is 11.3 Å². The van der Waals surface area contributed by atoms with Gasteiger partial charge in [0.2, 0.25) is 0 Å². The van der Waals surface area contributed by atoms with Crippen LogP contribution in [-0.4, -0.2) is 18.8 Å². The van der Waals surface area contributed by atoms with Crippen LogP contribution in [0.5, 0.6) is 0 Å². The van der Waals surface area contributed by atoms with Crippen molar-refractivity contribution in [1.82, 2.24) is 5.43 Å². The summed E-state index contributed by atoms with van der Waals surface area (Å²) in [5, 5.41) is 0.462. The molecule has 2 atom stereocenters. The van der Waals surface area contributed by atoms with E-state index in [1.807, 2.05) is 0 Å². The summed E-state index contributed by atoms with van der Waals surface area (Å²) in [5.41, 5.74) is 3.75. The van der Waals surface area contributed by atoms with Crippen LogP contribution in [0.2, 0.25) is 5.02 Å². The summed E-state index contributed by atoms with van der Waals surface area (Å²) < 4.78 is 18.6. The van der Waals surface area contributed by atoms with Gasteiger partial charge in [0.05, 0.1) is 6.10 Å². The number of nitrogens with one attached hydrogen (secondary N) is 1. The van der Waals surface area contributed by atoms with Gasteiger partial charge in [-0.1, -0.05) is 17.7 Å². The molecular weight excluding hydrogens is 279 g/mol. The smallest absolute Gasteiger partial charge is 0.124 e. The van der Waals surface area contributed by atoms with Crippen molar-refractivity contribution in [1.29, 1.82) is 0 Å². The first kappa shape index (κ1) is 15.7. The van der Waals surface area contributed by atoms with Crippen LogP contribution in [0.15, 0.2) is 18.2 Å². The van der Waals surface area contributed by atoms with E-state index in [0.29, 0.717) is 17.5 Å². The molecule has 0 bridgehead atoms. The van der Waals surface area contributed by atoms with Gasteiger partial charge in [-0.2, -0.15) is 0 Å². The third kappa shape index (κ3) is 4.70. The number of halogens is 2. The summed E-state index contributed by atoms with van der Waals surface area (Å²) in [6.45, 7) is 0.897. The minimum Gasteiger partial charge on any atom is -0.378 e. The molecule has 112 valence electrons. The Morgan fingerprint density at radius 1 is 1.50 bits per heavy atom. The Kier molecular flexibility index (Phi) is 6.23. The van der Waals surface area contributed by atoms with E-state index < -0.39 is 0 Å². The molecule has 1 fully saturated rings. The predicted molar refractivity (Wildman–Crippen MR) is 79.1 cm³/mol. The van der Waals surface area contributed by atoms with E-state index in [-0.39, 0.29) is 11.9 Å². The first-order chi connectivity index (χ1) is 9.69. The van der Waals surface area contributed by atoms with Crippen LogP contribution in [0.4, 0.5) is 4.39 Å². The number of hydrogen-bond acceptors (Lipinski definition) is 3. The number of rotatable bonds is 7. The molecule has 2 unspecified atom stereocenters. The van der Waals surface area contributed by atoms with E-state index in [0.717, 1.165) is 31.4 Å².